The van der Waals surface area contributed by atoms with Crippen LogP contribution in [0.2, 0.25) is 0 Å². The Bertz CT molecular complexity index is 216. The molecule has 0 rings (SSSR count). The van der Waals surface area contributed by atoms with Gasteiger partial charge in [0.05, 0.1) is 0 Å². The van der Waals surface area contributed by atoms with Crippen LogP contribution in [0.5, 0.6) is 0 Å². The van der Waals surface area contributed by atoms with Crippen molar-refractivity contribution in [1.29, 1.82) is 0 Å². The maximum absolute atomic E-state index is 2.39. The maximum Gasteiger partial charge on any atom is -0.0351 e. The molecule has 1 unspecified atom stereocenters. The fourth-order valence-corrected chi connectivity index (χ4v) is 3.07. The summed E-state index contributed by atoms with van der Waals surface area (Å²) < 4.78 is 0. The van der Waals surface area contributed by atoms with Gasteiger partial charge in [0.25, 0.3) is 0 Å². The van der Waals surface area contributed by atoms with Crippen molar-refractivity contribution in [1.82, 2.24) is 0 Å². The molecule has 0 aliphatic rings. The van der Waals surface area contributed by atoms with E-state index in [1.54, 1.807) is 0 Å². The zero-order valence-electron chi connectivity index (χ0n) is 16.0. The minimum Gasteiger partial charge on any atom is -0.0917 e. The van der Waals surface area contributed by atoms with E-state index < -0.39 is 0 Å². The third kappa shape index (κ3) is 17.8. The second kappa shape index (κ2) is 18.8. The molecular weight excluding hydrogens is 264 g/mol. The van der Waals surface area contributed by atoms with E-state index in [1.807, 2.05) is 0 Å². The van der Waals surface area contributed by atoms with Gasteiger partial charge in [-0.2, -0.15) is 0 Å². The molecule has 0 heterocycles. The Labute approximate surface area is 142 Å². The molecular formula is C22H44. The summed E-state index contributed by atoms with van der Waals surface area (Å²) in [5.74, 6) is 0.947. The zero-order valence-corrected chi connectivity index (χ0v) is 16.0. The highest BCUT2D eigenvalue weighted by molar-refractivity contribution is 4.76. The highest BCUT2D eigenvalue weighted by Crippen LogP contribution is 2.15. The SMILES string of the molecule is C/C=C/CCCCCCCCCCCCCCCC(C)CC. The van der Waals surface area contributed by atoms with Crippen molar-refractivity contribution in [3.05, 3.63) is 12.2 Å². The van der Waals surface area contributed by atoms with Crippen molar-refractivity contribution in [3.8, 4) is 0 Å². The van der Waals surface area contributed by atoms with E-state index in [0.29, 0.717) is 0 Å². The topological polar surface area (TPSA) is 0 Å². The van der Waals surface area contributed by atoms with Crippen LogP contribution >= 0.6 is 0 Å². The minimum atomic E-state index is 0.947. The van der Waals surface area contributed by atoms with E-state index in [2.05, 4.69) is 32.9 Å². The van der Waals surface area contributed by atoms with Crippen LogP contribution in [0, 0.1) is 5.92 Å². The Hall–Kier alpha value is -0.260. The van der Waals surface area contributed by atoms with Crippen LogP contribution in [-0.4, -0.2) is 0 Å². The highest BCUT2D eigenvalue weighted by atomic mass is 14.0. The lowest BCUT2D eigenvalue weighted by atomic mass is 9.99. The van der Waals surface area contributed by atoms with Gasteiger partial charge in [-0.3, -0.25) is 0 Å². The second-order valence-corrected chi connectivity index (χ2v) is 7.26. The first kappa shape index (κ1) is 21.7. The summed E-state index contributed by atoms with van der Waals surface area (Å²) in [6.45, 7) is 6.82. The van der Waals surface area contributed by atoms with Crippen molar-refractivity contribution in [2.24, 2.45) is 5.92 Å². The zero-order chi connectivity index (χ0) is 16.3. The lowest BCUT2D eigenvalue weighted by molar-refractivity contribution is 0.468. The van der Waals surface area contributed by atoms with E-state index in [-0.39, 0.29) is 0 Å². The van der Waals surface area contributed by atoms with Gasteiger partial charge >= 0.3 is 0 Å². The molecule has 0 heteroatoms. The molecule has 0 aliphatic carbocycles. The van der Waals surface area contributed by atoms with Gasteiger partial charge in [0, 0.05) is 0 Å². The van der Waals surface area contributed by atoms with Crippen LogP contribution < -0.4 is 0 Å². The fourth-order valence-electron chi connectivity index (χ4n) is 3.07. The highest BCUT2D eigenvalue weighted by Gasteiger charge is 1.98. The lowest BCUT2D eigenvalue weighted by Crippen LogP contribution is -1.91. The summed E-state index contributed by atoms with van der Waals surface area (Å²) in [5, 5.41) is 0. The van der Waals surface area contributed by atoms with Crippen LogP contribution in [0.1, 0.15) is 124 Å². The summed E-state index contributed by atoms with van der Waals surface area (Å²) in [5.41, 5.74) is 0. The molecule has 0 radical (unpaired) electrons. The Morgan fingerprint density at radius 2 is 1.05 bits per heavy atom. The van der Waals surface area contributed by atoms with E-state index >= 15 is 0 Å². The van der Waals surface area contributed by atoms with Gasteiger partial charge in [0.15, 0.2) is 0 Å². The predicted molar refractivity (Wildman–Crippen MR) is 104 cm³/mol. The van der Waals surface area contributed by atoms with Gasteiger partial charge in [-0.15, -0.1) is 0 Å². The molecule has 0 nitrogen and oxygen atoms in total. The average Bonchev–Trinajstić information content (AvgIpc) is 2.54. The number of rotatable bonds is 17. The van der Waals surface area contributed by atoms with Crippen molar-refractivity contribution in [2.75, 3.05) is 0 Å². The van der Waals surface area contributed by atoms with Gasteiger partial charge in [0.1, 0.15) is 0 Å². The lowest BCUT2D eigenvalue weighted by Gasteiger charge is -2.07. The third-order valence-corrected chi connectivity index (χ3v) is 5.00. The molecule has 22 heavy (non-hydrogen) atoms. The molecule has 0 saturated carbocycles. The normalized spacial score (nSPS) is 13.0. The minimum absolute atomic E-state index is 0.947. The van der Waals surface area contributed by atoms with E-state index in [4.69, 9.17) is 0 Å². The molecule has 0 aromatic carbocycles. The van der Waals surface area contributed by atoms with Crippen LogP contribution in [0.3, 0.4) is 0 Å². The number of unbranched alkanes of at least 4 members (excludes halogenated alkanes) is 13. The molecule has 0 aliphatic heterocycles. The smallest absolute Gasteiger partial charge is 0.0351 e. The molecule has 0 bridgehead atoms. The van der Waals surface area contributed by atoms with E-state index in [0.717, 1.165) is 5.92 Å². The molecule has 1 atom stereocenters. The van der Waals surface area contributed by atoms with Crippen molar-refractivity contribution in [3.63, 3.8) is 0 Å². The first-order valence-electron chi connectivity index (χ1n) is 10.4. The summed E-state index contributed by atoms with van der Waals surface area (Å²) in [7, 11) is 0. The van der Waals surface area contributed by atoms with Crippen LogP contribution in [0.4, 0.5) is 0 Å². The summed E-state index contributed by atoms with van der Waals surface area (Å²) in [6, 6.07) is 0. The summed E-state index contributed by atoms with van der Waals surface area (Å²) in [6.07, 6.45) is 27.6. The third-order valence-electron chi connectivity index (χ3n) is 5.00. The van der Waals surface area contributed by atoms with Crippen molar-refractivity contribution in [2.45, 2.75) is 124 Å². The Balaban J connectivity index is 3.00. The largest absolute Gasteiger partial charge is 0.0917 e. The number of hydrogen-bond donors (Lipinski definition) is 0. The average molecular weight is 309 g/mol. The first-order chi connectivity index (χ1) is 10.8. The molecule has 0 spiro atoms. The Morgan fingerprint density at radius 1 is 0.636 bits per heavy atom. The van der Waals surface area contributed by atoms with Gasteiger partial charge in [0.2, 0.25) is 0 Å². The Morgan fingerprint density at radius 3 is 1.45 bits per heavy atom. The van der Waals surface area contributed by atoms with Gasteiger partial charge in [-0.25, -0.2) is 0 Å². The standard InChI is InChI=1S/C22H44/c1-4-6-7-8-9-10-11-12-13-14-15-16-17-18-19-20-21-22(3)5-2/h4,6,22H,5,7-21H2,1-3H3/b6-4+. The second-order valence-electron chi connectivity index (χ2n) is 7.26. The van der Waals surface area contributed by atoms with Crippen molar-refractivity contribution >= 4 is 0 Å². The Kier molecular flexibility index (Phi) is 18.6. The van der Waals surface area contributed by atoms with E-state index in [1.165, 1.54) is 103 Å². The predicted octanol–water partition coefficient (Wildman–Crippen LogP) is 8.46. The van der Waals surface area contributed by atoms with E-state index in [9.17, 15) is 0 Å². The molecule has 0 amide bonds. The molecule has 132 valence electrons. The molecule has 0 saturated heterocycles. The molecule has 0 fully saturated rings. The van der Waals surface area contributed by atoms with Gasteiger partial charge < -0.3 is 0 Å². The van der Waals surface area contributed by atoms with Crippen LogP contribution in [0.25, 0.3) is 0 Å². The molecule has 0 N–H and O–H groups in total. The summed E-state index contributed by atoms with van der Waals surface area (Å²) >= 11 is 0. The number of allylic oxidation sites excluding steroid dienone is 2. The first-order valence-corrected chi connectivity index (χ1v) is 10.4. The van der Waals surface area contributed by atoms with Crippen LogP contribution in [-0.2, 0) is 0 Å². The van der Waals surface area contributed by atoms with Crippen molar-refractivity contribution < 1.29 is 0 Å². The maximum atomic E-state index is 2.39. The fraction of sp³-hybridized carbons (Fsp3) is 0.909. The van der Waals surface area contributed by atoms with Gasteiger partial charge in [-0.05, 0) is 25.7 Å². The monoisotopic (exact) mass is 308 g/mol. The number of hydrogen-bond acceptors (Lipinski definition) is 0. The molecule has 0 aromatic heterocycles. The van der Waals surface area contributed by atoms with Gasteiger partial charge in [-0.1, -0.05) is 116 Å². The van der Waals surface area contributed by atoms with Crippen LogP contribution in [0.15, 0.2) is 12.2 Å². The quantitative estimate of drug-likeness (QED) is 0.187. The summed E-state index contributed by atoms with van der Waals surface area (Å²) in [4.78, 5) is 0. The molecule has 0 aromatic rings.